The SMILES string of the molecule is CC(=O)OC1C(C)C(O)C=COC2(C)Oc3c(C)c(O)c4c(O)c(c5c(c4c3C2=O)=NC2(CCN(CC(C)C)CC2)N=5)CC(=O)C(C)=CC=CC(C)C(O)C(C)C(O)C1C. The van der Waals surface area contributed by atoms with Crippen LogP contribution in [0.25, 0.3) is 10.8 Å². The minimum absolute atomic E-state index is 0.0293. The van der Waals surface area contributed by atoms with Crippen molar-refractivity contribution in [1.29, 1.82) is 0 Å². The molecule has 60 heavy (non-hydrogen) atoms. The van der Waals surface area contributed by atoms with Gasteiger partial charge in [-0.3, -0.25) is 24.4 Å². The van der Waals surface area contributed by atoms with E-state index >= 15 is 0 Å². The first-order valence-electron chi connectivity index (χ1n) is 21.0. The molecular formula is C46H61N3O11. The van der Waals surface area contributed by atoms with Gasteiger partial charge in [0.05, 0.1) is 46.2 Å². The van der Waals surface area contributed by atoms with Crippen molar-refractivity contribution in [2.24, 2.45) is 39.6 Å². The molecule has 1 fully saturated rings. The Morgan fingerprint density at radius 3 is 2.22 bits per heavy atom. The van der Waals surface area contributed by atoms with E-state index in [2.05, 4.69) is 18.7 Å². The number of phenolic OH excluding ortho intramolecular Hbond substituents is 2. The Morgan fingerprint density at radius 2 is 1.58 bits per heavy atom. The fourth-order valence-corrected chi connectivity index (χ4v) is 9.13. The molecule has 9 unspecified atom stereocenters. The van der Waals surface area contributed by atoms with Crippen LogP contribution in [0.2, 0.25) is 0 Å². The Bertz CT molecular complexity index is 2270. The molecule has 4 aliphatic heterocycles. The predicted molar refractivity (Wildman–Crippen MR) is 223 cm³/mol. The number of aliphatic hydroxyl groups is 3. The molecule has 0 aromatic heterocycles. The first-order chi connectivity index (χ1) is 28.1. The van der Waals surface area contributed by atoms with E-state index in [-0.39, 0.29) is 61.9 Å². The van der Waals surface area contributed by atoms with Gasteiger partial charge in [0, 0.05) is 92.9 Å². The highest BCUT2D eigenvalue weighted by atomic mass is 16.7. The van der Waals surface area contributed by atoms with E-state index in [9.17, 15) is 39.9 Å². The number of carbonyl (C=O) groups is 3. The number of allylic oxidation sites excluding steroid dienone is 3. The number of esters is 1. The van der Waals surface area contributed by atoms with Gasteiger partial charge in [-0.1, -0.05) is 59.8 Å². The molecule has 4 bridgehead atoms. The minimum Gasteiger partial charge on any atom is -0.507 e. The standard InChI is InChI=1S/C46H61N3O11/c1-22(2)21-49-17-15-46(16-18-49)47-36-30-20-32(52)23(3)12-11-13-24(4)38(53)26(6)39(54)27(7)42(59-29(9)50)25(5)31(51)14-19-58-45(10)44(57)35-33(37(36)48-46)34(41(30)56)40(55)28(8)43(35)60-45/h11-14,19,22,24-27,31,38-39,42,51,53-56H,15-18,20-21H2,1-10H3. The van der Waals surface area contributed by atoms with E-state index in [1.54, 1.807) is 59.8 Å². The molecule has 4 aliphatic rings. The Kier molecular flexibility index (Phi) is 12.7. The number of piperidine rings is 1. The number of aliphatic hydroxyl groups excluding tert-OH is 3. The number of ketones is 2. The van der Waals surface area contributed by atoms with Gasteiger partial charge in [-0.15, -0.1) is 0 Å². The normalized spacial score (nSPS) is 31.2. The monoisotopic (exact) mass is 831 g/mol. The second kappa shape index (κ2) is 17.0. The molecule has 1 saturated heterocycles. The summed E-state index contributed by atoms with van der Waals surface area (Å²) in [5, 5.41) is 58.7. The van der Waals surface area contributed by atoms with E-state index in [1.165, 1.54) is 19.9 Å². The third-order valence-corrected chi connectivity index (χ3v) is 12.9. The molecule has 2 aromatic carbocycles. The summed E-state index contributed by atoms with van der Waals surface area (Å²) >= 11 is 0. The molecule has 4 heterocycles. The van der Waals surface area contributed by atoms with Gasteiger partial charge in [-0.2, -0.15) is 0 Å². The number of likely N-dealkylation sites (tertiary alicyclic amines) is 1. The van der Waals surface area contributed by atoms with E-state index in [0.29, 0.717) is 37.4 Å². The first-order valence-corrected chi connectivity index (χ1v) is 21.0. The lowest BCUT2D eigenvalue weighted by molar-refractivity contribution is -0.159. The lowest BCUT2D eigenvalue weighted by Crippen LogP contribution is -2.46. The zero-order chi connectivity index (χ0) is 44.2. The number of hydrogen-bond acceptors (Lipinski definition) is 14. The number of rotatable bonds is 3. The molecule has 0 aliphatic carbocycles. The number of carbonyl (C=O) groups excluding carboxylic acids is 3. The van der Waals surface area contributed by atoms with Crippen LogP contribution in [0.5, 0.6) is 17.2 Å². The lowest BCUT2D eigenvalue weighted by Gasteiger charge is -2.37. The second-order valence-electron chi connectivity index (χ2n) is 18.0. The van der Waals surface area contributed by atoms with Crippen molar-refractivity contribution in [2.75, 3.05) is 19.6 Å². The highest BCUT2D eigenvalue weighted by molar-refractivity contribution is 6.18. The molecule has 14 heteroatoms. The maximum Gasteiger partial charge on any atom is 0.312 e. The van der Waals surface area contributed by atoms with E-state index in [4.69, 9.17) is 24.2 Å². The van der Waals surface area contributed by atoms with Gasteiger partial charge < -0.3 is 44.6 Å². The average Bonchev–Trinajstić information content (AvgIpc) is 3.69. The Balaban J connectivity index is 1.53. The summed E-state index contributed by atoms with van der Waals surface area (Å²) in [6, 6.07) is 0. The van der Waals surface area contributed by atoms with E-state index in [1.807, 2.05) is 0 Å². The van der Waals surface area contributed by atoms with Crippen molar-refractivity contribution < 1.29 is 54.1 Å². The minimum atomic E-state index is -2.00. The summed E-state index contributed by atoms with van der Waals surface area (Å²) in [4.78, 5) is 53.6. The number of benzene rings is 2. The fraction of sp³-hybridized carbons (Fsp3) is 0.587. The fourth-order valence-electron chi connectivity index (χ4n) is 9.13. The number of hydrogen-bond donors (Lipinski definition) is 5. The number of aromatic hydroxyl groups is 2. The van der Waals surface area contributed by atoms with Crippen LogP contribution >= 0.6 is 0 Å². The maximum absolute atomic E-state index is 14.6. The Morgan fingerprint density at radius 1 is 0.933 bits per heavy atom. The van der Waals surface area contributed by atoms with Gasteiger partial charge in [0.1, 0.15) is 23.4 Å². The topological polar surface area (TPSA) is 208 Å². The maximum atomic E-state index is 14.6. The van der Waals surface area contributed by atoms with Crippen molar-refractivity contribution in [1.82, 2.24) is 4.90 Å². The zero-order valence-electron chi connectivity index (χ0n) is 36.4. The second-order valence-corrected chi connectivity index (χ2v) is 18.0. The van der Waals surface area contributed by atoms with Crippen LogP contribution in [-0.4, -0.2) is 103 Å². The van der Waals surface area contributed by atoms with Crippen LogP contribution in [0.4, 0.5) is 0 Å². The van der Waals surface area contributed by atoms with Crippen molar-refractivity contribution in [3.63, 3.8) is 0 Å². The summed E-state index contributed by atoms with van der Waals surface area (Å²) in [7, 11) is 0. The van der Waals surface area contributed by atoms with Gasteiger partial charge in [0.15, 0.2) is 11.4 Å². The molecule has 1 spiro atoms. The molecule has 5 N–H and O–H groups in total. The van der Waals surface area contributed by atoms with Gasteiger partial charge in [-0.25, -0.2) is 0 Å². The molecule has 6 rings (SSSR count). The van der Waals surface area contributed by atoms with Crippen LogP contribution < -0.4 is 15.5 Å². The number of nitrogens with zero attached hydrogens (tertiary/aromatic N) is 3. The number of fused-ring (bicyclic) bond motifs is 1. The van der Waals surface area contributed by atoms with E-state index < -0.39 is 77.0 Å². The number of ether oxygens (including phenoxy) is 3. The van der Waals surface area contributed by atoms with Crippen molar-refractivity contribution in [3.8, 4) is 17.2 Å². The molecule has 0 saturated carbocycles. The van der Waals surface area contributed by atoms with Gasteiger partial charge in [0.25, 0.3) is 5.78 Å². The first kappa shape index (κ1) is 44.9. The number of phenols is 2. The van der Waals surface area contributed by atoms with Crippen LogP contribution in [0.15, 0.2) is 46.1 Å². The molecule has 0 amide bonds. The third-order valence-electron chi connectivity index (χ3n) is 12.9. The average molecular weight is 832 g/mol. The van der Waals surface area contributed by atoms with E-state index in [0.717, 1.165) is 12.8 Å². The summed E-state index contributed by atoms with van der Waals surface area (Å²) in [5.74, 6) is -6.56. The quantitative estimate of drug-likeness (QED) is 0.275. The molecule has 14 nitrogen and oxygen atoms in total. The summed E-state index contributed by atoms with van der Waals surface area (Å²) in [5.41, 5.74) is -0.219. The summed E-state index contributed by atoms with van der Waals surface area (Å²) in [6.07, 6.45) is 3.70. The summed E-state index contributed by atoms with van der Waals surface area (Å²) in [6.45, 7) is 19.3. The van der Waals surface area contributed by atoms with Crippen molar-refractivity contribution >= 4 is 28.3 Å². The largest absolute Gasteiger partial charge is 0.507 e. The van der Waals surface area contributed by atoms with Crippen molar-refractivity contribution in [3.05, 3.63) is 63.5 Å². The van der Waals surface area contributed by atoms with Crippen LogP contribution in [0.3, 0.4) is 0 Å². The van der Waals surface area contributed by atoms with Gasteiger partial charge in [-0.05, 0) is 31.4 Å². The molecule has 0 radical (unpaired) electrons. The number of Topliss-reactive ketones (excluding diaryl/α,β-unsaturated/α-hetero) is 2. The zero-order valence-corrected chi connectivity index (χ0v) is 36.4. The third kappa shape index (κ3) is 8.23. The summed E-state index contributed by atoms with van der Waals surface area (Å²) < 4.78 is 17.8. The van der Waals surface area contributed by atoms with Crippen LogP contribution in [-0.2, 0) is 25.5 Å². The lowest BCUT2D eigenvalue weighted by atomic mass is 9.78. The Labute approximate surface area is 351 Å². The van der Waals surface area contributed by atoms with Crippen molar-refractivity contribution in [2.45, 2.75) is 124 Å². The molecule has 2 aromatic rings. The Hall–Kier alpha value is -4.63. The molecular weight excluding hydrogens is 771 g/mol. The van der Waals surface area contributed by atoms with Crippen LogP contribution in [0, 0.1) is 36.5 Å². The molecule has 9 atom stereocenters. The highest BCUT2D eigenvalue weighted by Crippen LogP contribution is 2.49. The van der Waals surface area contributed by atoms with Gasteiger partial charge in [0.2, 0.25) is 0 Å². The van der Waals surface area contributed by atoms with Crippen LogP contribution in [0.1, 0.15) is 96.6 Å². The molecule has 326 valence electrons. The van der Waals surface area contributed by atoms with Gasteiger partial charge >= 0.3 is 11.8 Å². The highest BCUT2D eigenvalue weighted by Gasteiger charge is 2.50. The smallest absolute Gasteiger partial charge is 0.312 e. The predicted octanol–water partition coefficient (Wildman–Crippen LogP) is 4.27.